The van der Waals surface area contributed by atoms with Gasteiger partial charge in [0.2, 0.25) is 0 Å². The van der Waals surface area contributed by atoms with Gasteiger partial charge in [0.25, 0.3) is 0 Å². The number of nitrogens with one attached hydrogen (secondary N) is 1. The van der Waals surface area contributed by atoms with Gasteiger partial charge in [0.05, 0.1) is 5.54 Å². The van der Waals surface area contributed by atoms with Crippen LogP contribution in [0.25, 0.3) is 0 Å². The van der Waals surface area contributed by atoms with Crippen molar-refractivity contribution in [2.45, 2.75) is 45.1 Å². The Morgan fingerprint density at radius 1 is 1.08 bits per heavy atom. The molecule has 2 atom stereocenters. The lowest BCUT2D eigenvalue weighted by Crippen LogP contribution is -2.58. The number of anilines is 1. The number of carboxylic acid groups (broad SMARTS) is 1. The third kappa shape index (κ3) is 2.16. The van der Waals surface area contributed by atoms with Gasteiger partial charge in [-0.2, -0.15) is 0 Å². The number of carboxylic acids is 1. The molecule has 3 heteroatoms. The Balaban J connectivity index is 1.93. The number of allylic oxidation sites excluding steroid dienone is 1. The smallest absolute Gasteiger partial charge is 0.313 e. The molecule has 1 aliphatic heterocycles. The van der Waals surface area contributed by atoms with Crippen LogP contribution in [-0.2, 0) is 17.6 Å². The molecular weight excluding hydrogens is 322 g/mol. The highest BCUT2D eigenvalue weighted by Gasteiger charge is 2.63. The van der Waals surface area contributed by atoms with Crippen LogP contribution < -0.4 is 5.32 Å². The Bertz CT molecular complexity index is 885. The molecule has 0 fully saturated rings. The summed E-state index contributed by atoms with van der Waals surface area (Å²) in [5, 5.41) is 14.2. The van der Waals surface area contributed by atoms with Crippen molar-refractivity contribution in [3.8, 4) is 0 Å². The molecule has 134 valence electrons. The van der Waals surface area contributed by atoms with Gasteiger partial charge in [-0.15, -0.1) is 0 Å². The predicted molar refractivity (Wildman–Crippen MR) is 105 cm³/mol. The molecule has 0 saturated heterocycles. The van der Waals surface area contributed by atoms with Crippen molar-refractivity contribution in [2.24, 2.45) is 5.41 Å². The van der Waals surface area contributed by atoms with E-state index in [0.29, 0.717) is 12.8 Å². The number of hydrogen-bond acceptors (Lipinski definition) is 2. The zero-order valence-electron chi connectivity index (χ0n) is 15.5. The molecule has 1 heterocycles. The molecule has 2 unspecified atom stereocenters. The molecule has 2 N–H and O–H groups in total. The van der Waals surface area contributed by atoms with Gasteiger partial charge in [0.15, 0.2) is 0 Å². The van der Waals surface area contributed by atoms with Crippen LogP contribution in [0.2, 0.25) is 0 Å². The van der Waals surface area contributed by atoms with E-state index in [1.165, 1.54) is 5.56 Å². The second-order valence-electron chi connectivity index (χ2n) is 8.03. The molecule has 26 heavy (non-hydrogen) atoms. The van der Waals surface area contributed by atoms with Crippen molar-refractivity contribution in [3.63, 3.8) is 0 Å². The first-order valence-corrected chi connectivity index (χ1v) is 9.23. The fraction of sp³-hybridized carbons (Fsp3) is 0.348. The summed E-state index contributed by atoms with van der Waals surface area (Å²) in [4.78, 5) is 12.8. The molecular formula is C23H25NO2. The maximum Gasteiger partial charge on any atom is 0.313 e. The average Bonchev–Trinajstić information content (AvgIpc) is 3.13. The van der Waals surface area contributed by atoms with E-state index in [1.54, 1.807) is 0 Å². The Labute approximate surface area is 154 Å². The largest absolute Gasteiger partial charge is 0.481 e. The predicted octanol–water partition coefficient (Wildman–Crippen LogP) is 4.79. The molecule has 2 aromatic rings. The summed E-state index contributed by atoms with van der Waals surface area (Å²) in [6.07, 6.45) is 3.26. The van der Waals surface area contributed by atoms with Crippen LogP contribution in [0.4, 0.5) is 5.69 Å². The number of benzene rings is 2. The number of para-hydroxylation sites is 1. The van der Waals surface area contributed by atoms with Crippen molar-refractivity contribution in [1.29, 1.82) is 0 Å². The lowest BCUT2D eigenvalue weighted by molar-refractivity contribution is -0.151. The van der Waals surface area contributed by atoms with Gasteiger partial charge in [-0.05, 0) is 49.4 Å². The van der Waals surface area contributed by atoms with E-state index in [4.69, 9.17) is 0 Å². The average molecular weight is 347 g/mol. The molecule has 0 bridgehead atoms. The number of carbonyl (C=O) groups is 1. The fourth-order valence-electron chi connectivity index (χ4n) is 5.09. The van der Waals surface area contributed by atoms with Crippen LogP contribution in [0.3, 0.4) is 0 Å². The summed E-state index contributed by atoms with van der Waals surface area (Å²) < 4.78 is 0. The van der Waals surface area contributed by atoms with Gasteiger partial charge in [-0.1, -0.05) is 61.0 Å². The summed E-state index contributed by atoms with van der Waals surface area (Å²) >= 11 is 0. The second-order valence-corrected chi connectivity index (χ2v) is 8.03. The quantitative estimate of drug-likeness (QED) is 0.785. The van der Waals surface area contributed by atoms with Crippen molar-refractivity contribution < 1.29 is 9.90 Å². The Morgan fingerprint density at radius 2 is 1.65 bits per heavy atom. The highest BCUT2D eigenvalue weighted by molar-refractivity contribution is 5.83. The van der Waals surface area contributed by atoms with Crippen LogP contribution in [0, 0.1) is 5.41 Å². The molecule has 2 aliphatic rings. The number of fused-ring (bicyclic) bond motifs is 2. The molecule has 4 rings (SSSR count). The number of rotatable bonds is 3. The van der Waals surface area contributed by atoms with Gasteiger partial charge in [0, 0.05) is 11.6 Å². The summed E-state index contributed by atoms with van der Waals surface area (Å²) in [6, 6.07) is 16.4. The summed E-state index contributed by atoms with van der Waals surface area (Å²) in [5.74, 6) is -0.655. The summed E-state index contributed by atoms with van der Waals surface area (Å²) in [5.41, 5.74) is 4.12. The molecule has 0 aromatic heterocycles. The summed E-state index contributed by atoms with van der Waals surface area (Å²) in [7, 11) is 0. The molecule has 0 saturated carbocycles. The van der Waals surface area contributed by atoms with E-state index in [1.807, 2.05) is 24.3 Å². The van der Waals surface area contributed by atoms with Crippen LogP contribution >= 0.6 is 0 Å². The van der Waals surface area contributed by atoms with Gasteiger partial charge < -0.3 is 10.4 Å². The maximum absolute atomic E-state index is 12.8. The topological polar surface area (TPSA) is 49.3 Å². The van der Waals surface area contributed by atoms with E-state index >= 15 is 0 Å². The van der Waals surface area contributed by atoms with Gasteiger partial charge in [-0.3, -0.25) is 4.79 Å². The third-order valence-corrected chi connectivity index (χ3v) is 6.27. The third-order valence-electron chi connectivity index (χ3n) is 6.27. The van der Waals surface area contributed by atoms with Crippen LogP contribution in [0.5, 0.6) is 0 Å². The highest BCUT2D eigenvalue weighted by atomic mass is 16.4. The van der Waals surface area contributed by atoms with E-state index in [9.17, 15) is 9.90 Å². The van der Waals surface area contributed by atoms with Gasteiger partial charge >= 0.3 is 5.97 Å². The first-order valence-electron chi connectivity index (χ1n) is 9.23. The molecule has 0 radical (unpaired) electrons. The number of hydrogen-bond donors (Lipinski definition) is 2. The van der Waals surface area contributed by atoms with E-state index in [2.05, 4.69) is 56.4 Å². The number of aliphatic carboxylic acids is 1. The van der Waals surface area contributed by atoms with Crippen LogP contribution in [0.15, 0.2) is 60.2 Å². The second kappa shape index (κ2) is 5.73. The Kier molecular flexibility index (Phi) is 3.72. The lowest BCUT2D eigenvalue weighted by atomic mass is 9.61. The normalized spacial score (nSPS) is 25.1. The van der Waals surface area contributed by atoms with E-state index in [-0.39, 0.29) is 5.92 Å². The van der Waals surface area contributed by atoms with Crippen molar-refractivity contribution >= 4 is 11.7 Å². The van der Waals surface area contributed by atoms with Gasteiger partial charge in [-0.25, -0.2) is 0 Å². The van der Waals surface area contributed by atoms with E-state index < -0.39 is 16.9 Å². The highest BCUT2D eigenvalue weighted by Crippen LogP contribution is 2.57. The zero-order chi connectivity index (χ0) is 18.5. The molecule has 1 aliphatic carbocycles. The first-order chi connectivity index (χ1) is 12.4. The minimum absolute atomic E-state index is 0.0685. The van der Waals surface area contributed by atoms with Crippen LogP contribution in [-0.4, -0.2) is 16.6 Å². The maximum atomic E-state index is 12.8. The van der Waals surface area contributed by atoms with Crippen LogP contribution in [0.1, 0.15) is 43.4 Å². The Morgan fingerprint density at radius 3 is 2.19 bits per heavy atom. The minimum Gasteiger partial charge on any atom is -0.481 e. The fourth-order valence-corrected chi connectivity index (χ4v) is 5.09. The summed E-state index contributed by atoms with van der Waals surface area (Å²) in [6.45, 7) is 6.26. The molecule has 2 aromatic carbocycles. The molecule has 3 nitrogen and oxygen atoms in total. The van der Waals surface area contributed by atoms with Gasteiger partial charge in [0.1, 0.15) is 5.41 Å². The molecule has 0 amide bonds. The zero-order valence-corrected chi connectivity index (χ0v) is 15.5. The van der Waals surface area contributed by atoms with E-state index in [0.717, 1.165) is 22.4 Å². The standard InChI is InChI=1S/C23H25NO2/c1-15(2)12-23(16(3)19-10-6-7-11-20(19)24-23)22(21(25)26)13-17-8-4-5-9-18(17)14-22/h4-12,16,24H,13-14H2,1-3H3,(H,25,26). The van der Waals surface area contributed by atoms with Crippen molar-refractivity contribution in [3.05, 3.63) is 76.9 Å². The SMILES string of the molecule is CC(C)=CC1(C2(C(=O)O)Cc3ccccc3C2)Nc2ccccc2C1C. The Hall–Kier alpha value is -2.55. The van der Waals surface area contributed by atoms with Crippen molar-refractivity contribution in [2.75, 3.05) is 5.32 Å². The monoisotopic (exact) mass is 347 g/mol. The molecule has 0 spiro atoms. The van der Waals surface area contributed by atoms with Crippen molar-refractivity contribution in [1.82, 2.24) is 0 Å². The minimum atomic E-state index is -0.910. The lowest BCUT2D eigenvalue weighted by Gasteiger charge is -2.45. The first kappa shape index (κ1) is 16.9.